The lowest BCUT2D eigenvalue weighted by Crippen LogP contribution is -2.15. The fourth-order valence-electron chi connectivity index (χ4n) is 2.18. The van der Waals surface area contributed by atoms with Crippen molar-refractivity contribution in [2.75, 3.05) is 66.1 Å². The highest BCUT2D eigenvalue weighted by Crippen LogP contribution is 2.05. The predicted molar refractivity (Wildman–Crippen MR) is 109 cm³/mol. The van der Waals surface area contributed by atoms with E-state index in [2.05, 4.69) is 13.5 Å². The van der Waals surface area contributed by atoms with Crippen LogP contribution in [0.5, 0.6) is 0 Å². The van der Waals surface area contributed by atoms with E-state index in [-0.39, 0.29) is 19.2 Å². The van der Waals surface area contributed by atoms with E-state index in [9.17, 15) is 9.59 Å². The van der Waals surface area contributed by atoms with Crippen molar-refractivity contribution in [3.63, 3.8) is 0 Å². The van der Waals surface area contributed by atoms with Gasteiger partial charge in [0.25, 0.3) is 0 Å². The highest BCUT2D eigenvalue weighted by atomic mass is 16.6. The van der Waals surface area contributed by atoms with Gasteiger partial charge in [-0.15, -0.1) is 0 Å². The fraction of sp³-hybridized carbons (Fsp3) is 0.810. The second-order valence-electron chi connectivity index (χ2n) is 6.21. The first-order valence-corrected chi connectivity index (χ1v) is 10.5. The lowest BCUT2D eigenvalue weighted by atomic mass is 10.1. The maximum absolute atomic E-state index is 11.5. The molecule has 0 bridgehead atoms. The minimum Gasteiger partial charge on any atom is -0.463 e. The van der Waals surface area contributed by atoms with Crippen molar-refractivity contribution >= 4 is 11.9 Å². The number of rotatable bonds is 22. The number of hydrogen-bond donors (Lipinski definition) is 0. The molecule has 0 aliphatic heterocycles. The highest BCUT2D eigenvalue weighted by Gasteiger charge is 2.02. The Balaban J connectivity index is 3.14. The van der Waals surface area contributed by atoms with Crippen molar-refractivity contribution in [2.45, 2.75) is 45.4 Å². The van der Waals surface area contributed by atoms with Gasteiger partial charge in [0.05, 0.1) is 52.9 Å². The fourth-order valence-corrected chi connectivity index (χ4v) is 2.18. The predicted octanol–water partition coefficient (Wildman–Crippen LogP) is 2.69. The van der Waals surface area contributed by atoms with E-state index in [1.165, 1.54) is 19.3 Å². The standard InChI is InChI=1S/C21H38O8/c1-3-5-6-7-8-9-21(23)29-19-17-27-15-13-25-11-10-24-12-14-26-16-18-28-20(22)4-2/h4H,2-3,5-19H2,1H3. The molecule has 0 aromatic rings. The summed E-state index contributed by atoms with van der Waals surface area (Å²) in [7, 11) is 0. The van der Waals surface area contributed by atoms with Gasteiger partial charge >= 0.3 is 11.9 Å². The summed E-state index contributed by atoms with van der Waals surface area (Å²) in [6, 6.07) is 0. The Hall–Kier alpha value is -1.48. The first kappa shape index (κ1) is 27.5. The Morgan fingerprint density at radius 2 is 1.10 bits per heavy atom. The first-order valence-electron chi connectivity index (χ1n) is 10.5. The molecule has 0 saturated heterocycles. The average Bonchev–Trinajstić information content (AvgIpc) is 2.73. The van der Waals surface area contributed by atoms with Gasteiger partial charge in [-0.2, -0.15) is 0 Å². The molecule has 0 rings (SSSR count). The molecule has 0 atom stereocenters. The SMILES string of the molecule is C=CC(=O)OCCOCCOCCOCCOCCOC(=O)CCCCCCC. The molecule has 0 saturated carbocycles. The summed E-state index contributed by atoms with van der Waals surface area (Å²) >= 11 is 0. The minimum atomic E-state index is -0.458. The molecule has 0 amide bonds. The summed E-state index contributed by atoms with van der Waals surface area (Å²) in [6.07, 6.45) is 7.18. The van der Waals surface area contributed by atoms with Gasteiger partial charge in [0.2, 0.25) is 0 Å². The number of carbonyl (C=O) groups is 2. The van der Waals surface area contributed by atoms with E-state index in [1.807, 2.05) is 0 Å². The van der Waals surface area contributed by atoms with Gasteiger partial charge in [0.15, 0.2) is 0 Å². The van der Waals surface area contributed by atoms with Gasteiger partial charge in [-0.05, 0) is 6.42 Å². The lowest BCUT2D eigenvalue weighted by molar-refractivity contribution is -0.145. The molecule has 29 heavy (non-hydrogen) atoms. The zero-order valence-corrected chi connectivity index (χ0v) is 17.9. The van der Waals surface area contributed by atoms with E-state index >= 15 is 0 Å². The molecule has 0 aromatic heterocycles. The molecule has 170 valence electrons. The quantitative estimate of drug-likeness (QED) is 0.151. The average molecular weight is 419 g/mol. The van der Waals surface area contributed by atoms with Crippen LogP contribution in [0.2, 0.25) is 0 Å². The van der Waals surface area contributed by atoms with Gasteiger partial charge in [-0.3, -0.25) is 4.79 Å². The first-order chi connectivity index (χ1) is 14.2. The maximum atomic E-state index is 11.5. The summed E-state index contributed by atoms with van der Waals surface area (Å²) < 4.78 is 31.1. The van der Waals surface area contributed by atoms with Crippen molar-refractivity contribution in [1.82, 2.24) is 0 Å². The van der Waals surface area contributed by atoms with Crippen LogP contribution in [0.1, 0.15) is 45.4 Å². The Labute approximate surface area is 174 Å². The monoisotopic (exact) mass is 418 g/mol. The van der Waals surface area contributed by atoms with Gasteiger partial charge in [-0.25, -0.2) is 4.79 Å². The normalized spacial score (nSPS) is 10.7. The van der Waals surface area contributed by atoms with Crippen LogP contribution in [0.4, 0.5) is 0 Å². The molecule has 0 aliphatic carbocycles. The molecule has 0 N–H and O–H groups in total. The van der Waals surface area contributed by atoms with Gasteiger partial charge in [-0.1, -0.05) is 39.2 Å². The third-order valence-corrected chi connectivity index (χ3v) is 3.73. The molecular formula is C21H38O8. The third-order valence-electron chi connectivity index (χ3n) is 3.73. The lowest BCUT2D eigenvalue weighted by Gasteiger charge is -2.08. The second-order valence-corrected chi connectivity index (χ2v) is 6.21. The van der Waals surface area contributed by atoms with Crippen LogP contribution in [-0.4, -0.2) is 78.0 Å². The van der Waals surface area contributed by atoms with Crippen molar-refractivity contribution in [3.8, 4) is 0 Å². The van der Waals surface area contributed by atoms with Crippen molar-refractivity contribution < 1.29 is 38.0 Å². The van der Waals surface area contributed by atoms with E-state index < -0.39 is 5.97 Å². The van der Waals surface area contributed by atoms with Crippen LogP contribution in [0.15, 0.2) is 12.7 Å². The molecule has 0 unspecified atom stereocenters. The topological polar surface area (TPSA) is 89.5 Å². The van der Waals surface area contributed by atoms with Crippen LogP contribution >= 0.6 is 0 Å². The molecule has 0 aromatic carbocycles. The molecule has 8 nitrogen and oxygen atoms in total. The Morgan fingerprint density at radius 1 is 0.655 bits per heavy atom. The minimum absolute atomic E-state index is 0.153. The van der Waals surface area contributed by atoms with E-state index in [0.717, 1.165) is 18.9 Å². The number of unbranched alkanes of at least 4 members (excludes halogenated alkanes) is 4. The maximum Gasteiger partial charge on any atom is 0.330 e. The Kier molecular flexibility index (Phi) is 21.6. The number of esters is 2. The largest absolute Gasteiger partial charge is 0.463 e. The van der Waals surface area contributed by atoms with E-state index in [0.29, 0.717) is 59.3 Å². The van der Waals surface area contributed by atoms with Crippen LogP contribution in [0, 0.1) is 0 Å². The molecule has 0 spiro atoms. The molecular weight excluding hydrogens is 380 g/mol. The third kappa shape index (κ3) is 22.7. The van der Waals surface area contributed by atoms with E-state index in [1.54, 1.807) is 0 Å². The molecule has 0 radical (unpaired) electrons. The van der Waals surface area contributed by atoms with Gasteiger partial charge in [0.1, 0.15) is 13.2 Å². The molecule has 0 fully saturated rings. The molecule has 0 heterocycles. The zero-order valence-electron chi connectivity index (χ0n) is 17.9. The zero-order chi connectivity index (χ0) is 21.4. The smallest absolute Gasteiger partial charge is 0.330 e. The molecule has 8 heteroatoms. The van der Waals surface area contributed by atoms with Gasteiger partial charge < -0.3 is 28.4 Å². The van der Waals surface area contributed by atoms with Gasteiger partial charge in [0, 0.05) is 12.5 Å². The van der Waals surface area contributed by atoms with Crippen LogP contribution in [-0.2, 0) is 38.0 Å². The van der Waals surface area contributed by atoms with Crippen LogP contribution < -0.4 is 0 Å². The van der Waals surface area contributed by atoms with E-state index in [4.69, 9.17) is 28.4 Å². The number of hydrogen-bond acceptors (Lipinski definition) is 8. The summed E-state index contributed by atoms with van der Waals surface area (Å²) in [6.45, 7) is 9.35. The molecule has 0 aliphatic rings. The Bertz CT molecular complexity index is 400. The summed E-state index contributed by atoms with van der Waals surface area (Å²) in [4.78, 5) is 22.3. The highest BCUT2D eigenvalue weighted by molar-refractivity contribution is 5.81. The summed E-state index contributed by atoms with van der Waals surface area (Å²) in [5.41, 5.74) is 0. The van der Waals surface area contributed by atoms with Crippen molar-refractivity contribution in [1.29, 1.82) is 0 Å². The van der Waals surface area contributed by atoms with Crippen LogP contribution in [0.3, 0.4) is 0 Å². The van der Waals surface area contributed by atoms with Crippen molar-refractivity contribution in [2.24, 2.45) is 0 Å². The second kappa shape index (κ2) is 22.8. The van der Waals surface area contributed by atoms with Crippen molar-refractivity contribution in [3.05, 3.63) is 12.7 Å². The van der Waals surface area contributed by atoms with Crippen LogP contribution in [0.25, 0.3) is 0 Å². The number of ether oxygens (including phenoxy) is 6. The summed E-state index contributed by atoms with van der Waals surface area (Å²) in [5.74, 6) is -0.611. The summed E-state index contributed by atoms with van der Waals surface area (Å²) in [5, 5.41) is 0. The number of carbonyl (C=O) groups excluding carboxylic acids is 2. The Morgan fingerprint density at radius 3 is 1.59 bits per heavy atom.